The second kappa shape index (κ2) is 12.8. The van der Waals surface area contributed by atoms with Crippen molar-refractivity contribution in [3.05, 3.63) is 66.4 Å². The van der Waals surface area contributed by atoms with Gasteiger partial charge in [-0.1, -0.05) is 70.5 Å². The maximum atomic E-state index is 4.47. The third-order valence-electron chi connectivity index (χ3n) is 5.33. The number of nitrogens with one attached hydrogen (secondary N) is 1. The van der Waals surface area contributed by atoms with Crippen molar-refractivity contribution in [2.45, 2.75) is 53.4 Å². The Morgan fingerprint density at radius 3 is 2.50 bits per heavy atom. The molecular weight excluding hydrogens is 366 g/mol. The van der Waals surface area contributed by atoms with Crippen LogP contribution in [0.15, 0.2) is 65.8 Å². The van der Waals surface area contributed by atoms with Crippen LogP contribution in [0.3, 0.4) is 0 Å². The van der Waals surface area contributed by atoms with Gasteiger partial charge in [0, 0.05) is 18.1 Å². The number of hydrogen-bond donors (Lipinski definition) is 1. The fourth-order valence-electron chi connectivity index (χ4n) is 3.35. The second-order valence-electron chi connectivity index (χ2n) is 8.35. The number of para-hydroxylation sites is 3. The zero-order valence-corrected chi connectivity index (χ0v) is 19.1. The molecule has 3 aromatic rings. The number of benzene rings is 2. The molecule has 0 radical (unpaired) electrons. The molecule has 1 N–H and O–H groups in total. The van der Waals surface area contributed by atoms with Crippen LogP contribution in [0.4, 0.5) is 11.4 Å². The van der Waals surface area contributed by atoms with Crippen LogP contribution in [0.25, 0.3) is 10.9 Å². The smallest absolute Gasteiger partial charge is 0.0853 e. The van der Waals surface area contributed by atoms with Crippen LogP contribution >= 0.6 is 0 Å². The number of anilines is 1. The lowest BCUT2D eigenvalue weighted by Crippen LogP contribution is -2.03. The van der Waals surface area contributed by atoms with Crippen molar-refractivity contribution in [2.24, 2.45) is 16.8 Å². The summed E-state index contributed by atoms with van der Waals surface area (Å²) in [4.78, 5) is 8.44. The van der Waals surface area contributed by atoms with Crippen molar-refractivity contribution < 1.29 is 0 Å². The van der Waals surface area contributed by atoms with Crippen molar-refractivity contribution in [3.63, 3.8) is 0 Å². The topological polar surface area (TPSA) is 37.3 Å². The van der Waals surface area contributed by atoms with E-state index >= 15 is 0 Å². The summed E-state index contributed by atoms with van der Waals surface area (Å²) >= 11 is 0. The van der Waals surface area contributed by atoms with Crippen LogP contribution in [0, 0.1) is 11.8 Å². The number of aromatic nitrogens is 1. The predicted molar refractivity (Wildman–Crippen MR) is 133 cm³/mol. The van der Waals surface area contributed by atoms with Gasteiger partial charge in [-0.05, 0) is 61.6 Å². The Morgan fingerprint density at radius 2 is 1.77 bits per heavy atom. The normalized spacial score (nSPS) is 11.6. The number of fused-ring (bicyclic) bond motifs is 1. The average Bonchev–Trinajstić information content (AvgIpc) is 2.77. The number of nitrogens with zero attached hydrogens (tertiary/aromatic N) is 2. The molecule has 1 aromatic heterocycles. The predicted octanol–water partition coefficient (Wildman–Crippen LogP) is 7.69. The van der Waals surface area contributed by atoms with Crippen molar-refractivity contribution in [1.82, 2.24) is 4.98 Å². The quantitative estimate of drug-likeness (QED) is 0.294. The standard InChI is InChI=1S/C14H17N.C13H20N2/c1-3-11(2)10-13-7-4-6-12-8-5-9-15-14(12)13;1-11(2)7-6-10-15-13-9-5-4-8-12(13)14-3/h4-9,11H,3,10H2,1-2H3;4-5,8-9,11,15H,3,6-7,10H2,1-2H3. The lowest BCUT2D eigenvalue weighted by molar-refractivity contribution is 0.562. The summed E-state index contributed by atoms with van der Waals surface area (Å²) in [7, 11) is 0. The lowest BCUT2D eigenvalue weighted by atomic mass is 9.97. The van der Waals surface area contributed by atoms with E-state index in [9.17, 15) is 0 Å². The van der Waals surface area contributed by atoms with Crippen LogP contribution < -0.4 is 5.32 Å². The van der Waals surface area contributed by atoms with Crippen molar-refractivity contribution in [1.29, 1.82) is 0 Å². The second-order valence-corrected chi connectivity index (χ2v) is 8.35. The highest BCUT2D eigenvalue weighted by atomic mass is 14.9. The van der Waals surface area contributed by atoms with E-state index in [1.54, 1.807) is 0 Å². The van der Waals surface area contributed by atoms with Crippen LogP contribution in [0.1, 0.15) is 52.5 Å². The number of pyridine rings is 1. The van der Waals surface area contributed by atoms with Gasteiger partial charge in [-0.25, -0.2) is 0 Å². The minimum atomic E-state index is 0.734. The van der Waals surface area contributed by atoms with Gasteiger partial charge in [0.15, 0.2) is 0 Å². The van der Waals surface area contributed by atoms with E-state index in [1.807, 2.05) is 36.5 Å². The van der Waals surface area contributed by atoms with Gasteiger partial charge in [-0.15, -0.1) is 0 Å². The van der Waals surface area contributed by atoms with Crippen LogP contribution in [0.2, 0.25) is 0 Å². The maximum absolute atomic E-state index is 4.47. The molecule has 1 heterocycles. The highest BCUT2D eigenvalue weighted by Gasteiger charge is 2.05. The molecule has 1 unspecified atom stereocenters. The molecule has 3 heteroatoms. The van der Waals surface area contributed by atoms with Gasteiger partial charge in [0.05, 0.1) is 16.9 Å². The molecule has 0 aliphatic heterocycles. The summed E-state index contributed by atoms with van der Waals surface area (Å²) in [6.45, 7) is 13.6. The first-order valence-corrected chi connectivity index (χ1v) is 11.2. The molecule has 3 nitrogen and oxygen atoms in total. The molecule has 0 aliphatic rings. The molecule has 0 fully saturated rings. The van der Waals surface area contributed by atoms with E-state index in [0.29, 0.717) is 0 Å². The fraction of sp³-hybridized carbons (Fsp3) is 0.407. The summed E-state index contributed by atoms with van der Waals surface area (Å²) in [5.74, 6) is 1.51. The van der Waals surface area contributed by atoms with E-state index in [0.717, 1.165) is 36.2 Å². The zero-order valence-electron chi connectivity index (χ0n) is 19.1. The summed E-state index contributed by atoms with van der Waals surface area (Å²) in [5.41, 5.74) is 4.56. The Labute approximate surface area is 182 Å². The van der Waals surface area contributed by atoms with Crippen LogP contribution in [-0.2, 0) is 6.42 Å². The monoisotopic (exact) mass is 403 g/mol. The van der Waals surface area contributed by atoms with E-state index in [-0.39, 0.29) is 0 Å². The maximum Gasteiger partial charge on any atom is 0.0853 e. The van der Waals surface area contributed by atoms with Gasteiger partial charge in [-0.2, -0.15) is 0 Å². The van der Waals surface area contributed by atoms with Crippen molar-refractivity contribution in [3.8, 4) is 0 Å². The Balaban J connectivity index is 0.000000214. The largest absolute Gasteiger partial charge is 0.383 e. The summed E-state index contributed by atoms with van der Waals surface area (Å²) in [6.07, 6.45) is 6.69. The third kappa shape index (κ3) is 7.62. The Kier molecular flexibility index (Phi) is 10.1. The first-order chi connectivity index (χ1) is 14.5. The Bertz CT molecular complexity index is 896. The molecule has 0 amide bonds. The van der Waals surface area contributed by atoms with E-state index in [2.05, 4.69) is 74.0 Å². The van der Waals surface area contributed by atoms with Gasteiger partial charge < -0.3 is 5.32 Å². The van der Waals surface area contributed by atoms with E-state index < -0.39 is 0 Å². The molecule has 160 valence electrons. The fourth-order valence-corrected chi connectivity index (χ4v) is 3.35. The highest BCUT2D eigenvalue weighted by Crippen LogP contribution is 2.23. The van der Waals surface area contributed by atoms with E-state index in [4.69, 9.17) is 0 Å². The lowest BCUT2D eigenvalue weighted by Gasteiger charge is -2.10. The van der Waals surface area contributed by atoms with Crippen molar-refractivity contribution in [2.75, 3.05) is 11.9 Å². The highest BCUT2D eigenvalue weighted by molar-refractivity contribution is 5.81. The number of aliphatic imine (C=N–C) groups is 1. The third-order valence-corrected chi connectivity index (χ3v) is 5.33. The number of rotatable bonds is 9. The summed E-state index contributed by atoms with van der Waals surface area (Å²) in [6, 6.07) is 18.6. The zero-order chi connectivity index (χ0) is 21.8. The van der Waals surface area contributed by atoms with Gasteiger partial charge in [0.25, 0.3) is 0 Å². The molecular formula is C27H37N3. The van der Waals surface area contributed by atoms with Gasteiger partial charge >= 0.3 is 0 Å². The first kappa shape index (κ1) is 23.6. The van der Waals surface area contributed by atoms with Gasteiger partial charge in [-0.3, -0.25) is 9.98 Å². The minimum absolute atomic E-state index is 0.734. The minimum Gasteiger partial charge on any atom is -0.383 e. The molecule has 0 saturated heterocycles. The average molecular weight is 404 g/mol. The van der Waals surface area contributed by atoms with Gasteiger partial charge in [0.1, 0.15) is 0 Å². The first-order valence-electron chi connectivity index (χ1n) is 11.2. The number of hydrogen-bond acceptors (Lipinski definition) is 3. The molecule has 30 heavy (non-hydrogen) atoms. The summed E-state index contributed by atoms with van der Waals surface area (Å²) < 4.78 is 0. The molecule has 3 rings (SSSR count). The molecule has 0 saturated carbocycles. The molecule has 0 aliphatic carbocycles. The van der Waals surface area contributed by atoms with Crippen molar-refractivity contribution >= 4 is 29.0 Å². The summed E-state index contributed by atoms with van der Waals surface area (Å²) in [5, 5.41) is 4.63. The Morgan fingerprint density at radius 1 is 1.00 bits per heavy atom. The Hall–Kier alpha value is -2.68. The SMILES string of the molecule is C=Nc1ccccc1NCCCC(C)C.CCC(C)Cc1cccc2cccnc12. The van der Waals surface area contributed by atoms with Crippen LogP contribution in [-0.4, -0.2) is 18.2 Å². The molecule has 0 bridgehead atoms. The molecule has 1 atom stereocenters. The van der Waals surface area contributed by atoms with Crippen LogP contribution in [0.5, 0.6) is 0 Å². The molecule has 0 spiro atoms. The van der Waals surface area contributed by atoms with E-state index in [1.165, 1.54) is 35.7 Å². The van der Waals surface area contributed by atoms with Gasteiger partial charge in [0.2, 0.25) is 0 Å². The molecule has 2 aromatic carbocycles.